The minimum Gasteiger partial charge on any atom is -0.392 e. The molecule has 0 atom stereocenters. The second-order valence-electron chi connectivity index (χ2n) is 9.00. The van der Waals surface area contributed by atoms with Crippen LogP contribution < -0.4 is 0 Å². The second kappa shape index (κ2) is 6.77. The zero-order valence-electron chi connectivity index (χ0n) is 18.1. The van der Waals surface area contributed by atoms with E-state index in [4.69, 9.17) is 0 Å². The Hall–Kier alpha value is -1.48. The number of hydrogen-bond acceptors (Lipinski definition) is 1. The summed E-state index contributed by atoms with van der Waals surface area (Å²) in [7, 11) is 4.41. The van der Waals surface area contributed by atoms with Crippen LogP contribution in [0.5, 0.6) is 0 Å². The van der Waals surface area contributed by atoms with Crippen molar-refractivity contribution >= 4 is 21.8 Å². The van der Waals surface area contributed by atoms with Gasteiger partial charge in [0.1, 0.15) is 0 Å². The second-order valence-corrected chi connectivity index (χ2v) is 9.00. The zero-order valence-corrected chi connectivity index (χ0v) is 20.9. The van der Waals surface area contributed by atoms with E-state index in [1.807, 2.05) is 12.1 Å². The Bertz CT molecular complexity index is 1230. The van der Waals surface area contributed by atoms with Gasteiger partial charge in [-0.3, -0.25) is 4.90 Å². The molecule has 1 radical (unpaired) electrons. The SMILES string of the molecule is CN1C(C)(C)c2[c-]c(-c3[c-]cccc3)c3c(c2C1(C)C)c1ccccc1n3C.[Y]. The minimum absolute atomic E-state index is 0. The van der Waals surface area contributed by atoms with Crippen molar-refractivity contribution in [2.45, 2.75) is 38.8 Å². The molecule has 1 aliphatic heterocycles. The summed E-state index contributed by atoms with van der Waals surface area (Å²) in [5, 5.41) is 2.68. The van der Waals surface area contributed by atoms with Crippen molar-refractivity contribution < 1.29 is 32.7 Å². The van der Waals surface area contributed by atoms with E-state index in [1.165, 1.54) is 32.9 Å². The average Bonchev–Trinajstić information content (AvgIpc) is 3.06. The summed E-state index contributed by atoms with van der Waals surface area (Å²) in [5.74, 6) is 0. The summed E-state index contributed by atoms with van der Waals surface area (Å²) in [5.41, 5.74) is 7.31. The molecule has 2 heterocycles. The molecule has 1 aliphatic rings. The van der Waals surface area contributed by atoms with Crippen LogP contribution in [0.2, 0.25) is 0 Å². The summed E-state index contributed by atoms with van der Waals surface area (Å²) in [6.45, 7) is 9.30. The molecule has 2 nitrogen and oxygen atoms in total. The Morgan fingerprint density at radius 3 is 2.24 bits per heavy atom. The van der Waals surface area contributed by atoms with Crippen molar-refractivity contribution in [3.63, 3.8) is 0 Å². The van der Waals surface area contributed by atoms with Gasteiger partial charge in [-0.2, -0.15) is 30.3 Å². The van der Waals surface area contributed by atoms with Gasteiger partial charge >= 0.3 is 0 Å². The van der Waals surface area contributed by atoms with E-state index in [0.29, 0.717) is 0 Å². The number of para-hydroxylation sites is 1. The third-order valence-electron chi connectivity index (χ3n) is 6.97. The molecule has 0 bridgehead atoms. The number of aryl methyl sites for hydroxylation is 1. The van der Waals surface area contributed by atoms with Crippen molar-refractivity contribution in [2.24, 2.45) is 7.05 Å². The Kier molecular flexibility index (Phi) is 4.85. The Labute approximate surface area is 198 Å². The molecule has 0 fully saturated rings. The molecule has 3 aromatic carbocycles. The summed E-state index contributed by atoms with van der Waals surface area (Å²) < 4.78 is 2.33. The Morgan fingerprint density at radius 2 is 1.55 bits per heavy atom. The quantitative estimate of drug-likeness (QED) is 0.319. The standard InChI is InChI=1S/C26H26N2.Y/c1-25(2)20-16-19(17-12-8-7-9-13-17)24-22(23(20)26(3,4)28(25)6)18-14-10-11-15-21(18)27(24)5;/h7-12,14-15H,1-6H3;/q-2;. The third-order valence-corrected chi connectivity index (χ3v) is 6.97. The maximum atomic E-state index is 3.87. The van der Waals surface area contributed by atoms with Gasteiger partial charge in [0.2, 0.25) is 0 Å². The van der Waals surface area contributed by atoms with E-state index < -0.39 is 0 Å². The van der Waals surface area contributed by atoms with Crippen LogP contribution in [0.4, 0.5) is 0 Å². The van der Waals surface area contributed by atoms with E-state index in [0.717, 1.165) is 11.1 Å². The van der Waals surface area contributed by atoms with E-state index in [2.05, 4.69) is 99.8 Å². The first-order valence-electron chi connectivity index (χ1n) is 9.94. The number of benzene rings is 3. The fourth-order valence-electron chi connectivity index (χ4n) is 5.16. The maximum Gasteiger partial charge on any atom is 0.0382 e. The maximum absolute atomic E-state index is 3.87. The van der Waals surface area contributed by atoms with Gasteiger partial charge in [0.05, 0.1) is 0 Å². The molecular weight excluding hydrogens is 429 g/mol. The predicted molar refractivity (Wildman–Crippen MR) is 117 cm³/mol. The van der Waals surface area contributed by atoms with Crippen LogP contribution in [0.1, 0.15) is 38.8 Å². The Balaban J connectivity index is 0.00000205. The van der Waals surface area contributed by atoms with Crippen LogP contribution in [-0.2, 0) is 50.8 Å². The number of fused-ring (bicyclic) bond motifs is 5. The van der Waals surface area contributed by atoms with Crippen LogP contribution >= 0.6 is 0 Å². The fourth-order valence-corrected chi connectivity index (χ4v) is 5.16. The van der Waals surface area contributed by atoms with Gasteiger partial charge < -0.3 is 4.57 Å². The number of hydrogen-bond donors (Lipinski definition) is 0. The van der Waals surface area contributed by atoms with Gasteiger partial charge in [0, 0.05) is 56.4 Å². The first-order chi connectivity index (χ1) is 13.3. The summed E-state index contributed by atoms with van der Waals surface area (Å²) >= 11 is 0. The molecule has 4 aromatic rings. The molecule has 0 saturated heterocycles. The average molecular weight is 455 g/mol. The third kappa shape index (κ3) is 2.65. The van der Waals surface area contributed by atoms with Gasteiger partial charge in [-0.1, -0.05) is 48.5 Å². The molecule has 0 spiro atoms. The predicted octanol–water partition coefficient (Wildman–Crippen LogP) is 6.01. The van der Waals surface area contributed by atoms with Crippen molar-refractivity contribution in [2.75, 3.05) is 7.05 Å². The molecule has 145 valence electrons. The van der Waals surface area contributed by atoms with Crippen LogP contribution in [0.15, 0.2) is 48.5 Å². The van der Waals surface area contributed by atoms with Gasteiger partial charge in [-0.15, -0.1) is 11.6 Å². The van der Waals surface area contributed by atoms with Crippen molar-refractivity contribution in [3.8, 4) is 11.1 Å². The van der Waals surface area contributed by atoms with E-state index in [-0.39, 0.29) is 43.8 Å². The minimum atomic E-state index is -0.0898. The van der Waals surface area contributed by atoms with Crippen LogP contribution in [0.25, 0.3) is 32.9 Å². The van der Waals surface area contributed by atoms with E-state index >= 15 is 0 Å². The molecule has 0 amide bonds. The summed E-state index contributed by atoms with van der Waals surface area (Å²) in [6, 6.07) is 24.3. The van der Waals surface area contributed by atoms with Crippen LogP contribution in [0.3, 0.4) is 0 Å². The zero-order chi connectivity index (χ0) is 19.8. The fraction of sp³-hybridized carbons (Fsp3) is 0.308. The first kappa shape index (κ1) is 20.8. The topological polar surface area (TPSA) is 8.17 Å². The molecule has 0 aliphatic carbocycles. The molecule has 29 heavy (non-hydrogen) atoms. The molecule has 0 N–H and O–H groups in total. The van der Waals surface area contributed by atoms with Crippen molar-refractivity contribution in [1.82, 2.24) is 9.47 Å². The van der Waals surface area contributed by atoms with Gasteiger partial charge in [0.15, 0.2) is 0 Å². The molecule has 3 heteroatoms. The van der Waals surface area contributed by atoms with Gasteiger partial charge in [-0.05, 0) is 32.3 Å². The monoisotopic (exact) mass is 455 g/mol. The van der Waals surface area contributed by atoms with E-state index in [9.17, 15) is 0 Å². The molecular formula is C26H26N2Y-2. The van der Waals surface area contributed by atoms with Crippen molar-refractivity contribution in [3.05, 3.63) is 71.8 Å². The first-order valence-corrected chi connectivity index (χ1v) is 9.94. The van der Waals surface area contributed by atoms with Gasteiger partial charge in [-0.25, -0.2) is 11.1 Å². The largest absolute Gasteiger partial charge is 0.392 e. The molecule has 0 saturated carbocycles. The number of rotatable bonds is 1. The normalized spacial score (nSPS) is 17.4. The summed E-state index contributed by atoms with van der Waals surface area (Å²) in [4.78, 5) is 2.49. The van der Waals surface area contributed by atoms with Crippen LogP contribution in [-0.4, -0.2) is 16.5 Å². The Morgan fingerprint density at radius 1 is 0.862 bits per heavy atom. The van der Waals surface area contributed by atoms with Gasteiger partial charge in [0.25, 0.3) is 0 Å². The molecule has 1 aromatic heterocycles. The molecule has 5 rings (SSSR count). The van der Waals surface area contributed by atoms with Crippen molar-refractivity contribution in [1.29, 1.82) is 0 Å². The number of aromatic nitrogens is 1. The smallest absolute Gasteiger partial charge is 0.0382 e. The number of nitrogens with zero attached hydrogens (tertiary/aromatic N) is 2. The molecule has 0 unspecified atom stereocenters. The summed E-state index contributed by atoms with van der Waals surface area (Å²) in [6.07, 6.45) is 0. The van der Waals surface area contributed by atoms with Crippen LogP contribution in [0, 0.1) is 12.1 Å². The van der Waals surface area contributed by atoms with E-state index in [1.54, 1.807) is 0 Å².